The summed E-state index contributed by atoms with van der Waals surface area (Å²) >= 11 is 12.0. The fourth-order valence-electron chi connectivity index (χ4n) is 2.61. The molecule has 0 radical (unpaired) electrons. The molecule has 1 heterocycles. The molecule has 0 fully saturated rings. The number of hydrogen-bond donors (Lipinski definition) is 1. The van der Waals surface area contributed by atoms with Gasteiger partial charge in [-0.3, -0.25) is 14.2 Å². The van der Waals surface area contributed by atoms with Crippen LogP contribution in [0.25, 0.3) is 11.0 Å². The number of rotatable bonds is 3. The van der Waals surface area contributed by atoms with Gasteiger partial charge in [-0.2, -0.15) is 0 Å². The van der Waals surface area contributed by atoms with Gasteiger partial charge in [-0.1, -0.05) is 29.3 Å². The second-order valence-corrected chi connectivity index (χ2v) is 6.34. The molecule has 3 rings (SSSR count). The predicted molar refractivity (Wildman–Crippen MR) is 96.0 cm³/mol. The number of halogens is 2. The highest BCUT2D eigenvalue weighted by molar-refractivity contribution is 6.35. The third kappa shape index (κ3) is 3.06. The fraction of sp³-hybridized carbons (Fsp3) is 0.118. The van der Waals surface area contributed by atoms with Crippen LogP contribution in [-0.2, 0) is 13.6 Å². The molecule has 0 atom stereocenters. The number of aromatic nitrogens is 2. The second-order valence-electron chi connectivity index (χ2n) is 5.50. The molecule has 25 heavy (non-hydrogen) atoms. The molecule has 3 aromatic rings. The van der Waals surface area contributed by atoms with Crippen LogP contribution in [-0.4, -0.2) is 20.2 Å². The van der Waals surface area contributed by atoms with E-state index < -0.39 is 17.1 Å². The molecule has 0 amide bonds. The average molecular weight is 379 g/mol. The predicted octanol–water partition coefficient (Wildman–Crippen LogP) is 2.75. The third-order valence-electron chi connectivity index (χ3n) is 3.95. The molecule has 128 valence electrons. The van der Waals surface area contributed by atoms with Gasteiger partial charge in [0.25, 0.3) is 0 Å². The molecule has 0 aliphatic carbocycles. The van der Waals surface area contributed by atoms with Crippen molar-refractivity contribution in [1.29, 1.82) is 0 Å². The Morgan fingerprint density at radius 1 is 1.04 bits per heavy atom. The minimum absolute atomic E-state index is 0.0153. The van der Waals surface area contributed by atoms with Crippen molar-refractivity contribution >= 4 is 40.2 Å². The maximum Gasteiger partial charge on any atom is 0.335 e. The zero-order valence-electron chi connectivity index (χ0n) is 13.0. The molecule has 0 aliphatic rings. The first-order chi connectivity index (χ1) is 11.8. The first-order valence-corrected chi connectivity index (χ1v) is 7.96. The van der Waals surface area contributed by atoms with Gasteiger partial charge in [-0.25, -0.2) is 4.79 Å². The minimum Gasteiger partial charge on any atom is -0.478 e. The standard InChI is InChI=1S/C17H12Cl2N2O4/c1-20-13-5-3-9(17(24)25)6-14(13)21(16(23)15(20)22)8-10-2-4-11(18)7-12(10)19/h2-7H,8H2,1H3,(H,24,25). The van der Waals surface area contributed by atoms with E-state index in [1.807, 2.05) is 0 Å². The Balaban J connectivity index is 2.32. The van der Waals surface area contributed by atoms with E-state index in [-0.39, 0.29) is 12.1 Å². The van der Waals surface area contributed by atoms with E-state index in [9.17, 15) is 19.5 Å². The van der Waals surface area contributed by atoms with Gasteiger partial charge in [0.2, 0.25) is 0 Å². The molecule has 0 saturated heterocycles. The zero-order chi connectivity index (χ0) is 18.3. The van der Waals surface area contributed by atoms with Crippen LogP contribution in [0, 0.1) is 0 Å². The van der Waals surface area contributed by atoms with E-state index in [4.69, 9.17) is 23.2 Å². The van der Waals surface area contributed by atoms with Crippen molar-refractivity contribution in [3.63, 3.8) is 0 Å². The summed E-state index contributed by atoms with van der Waals surface area (Å²) in [6.07, 6.45) is 0. The van der Waals surface area contributed by atoms with Crippen molar-refractivity contribution in [3.8, 4) is 0 Å². The molecular formula is C17H12Cl2N2O4. The second kappa shape index (κ2) is 6.38. The molecule has 0 aliphatic heterocycles. The Hall–Kier alpha value is -2.57. The summed E-state index contributed by atoms with van der Waals surface area (Å²) < 4.78 is 2.42. The smallest absolute Gasteiger partial charge is 0.335 e. The molecular weight excluding hydrogens is 367 g/mol. The molecule has 8 heteroatoms. The van der Waals surface area contributed by atoms with Crippen molar-refractivity contribution in [2.75, 3.05) is 0 Å². The molecule has 1 N–H and O–H groups in total. The minimum atomic E-state index is -1.13. The zero-order valence-corrected chi connectivity index (χ0v) is 14.5. The number of aryl methyl sites for hydroxylation is 1. The van der Waals surface area contributed by atoms with Crippen LogP contribution in [0.4, 0.5) is 0 Å². The SMILES string of the molecule is Cn1c(=O)c(=O)n(Cc2ccc(Cl)cc2Cl)c2cc(C(=O)O)ccc21. The third-order valence-corrected chi connectivity index (χ3v) is 4.54. The van der Waals surface area contributed by atoms with Crippen LogP contribution in [0.15, 0.2) is 46.0 Å². The summed E-state index contributed by atoms with van der Waals surface area (Å²) in [6, 6.07) is 9.06. The average Bonchev–Trinajstić information content (AvgIpc) is 2.57. The lowest BCUT2D eigenvalue weighted by Crippen LogP contribution is -2.40. The Morgan fingerprint density at radius 2 is 1.76 bits per heavy atom. The lowest BCUT2D eigenvalue weighted by molar-refractivity contribution is 0.0697. The topological polar surface area (TPSA) is 81.3 Å². The number of carbonyl (C=O) groups is 1. The molecule has 0 spiro atoms. The number of carboxylic acid groups (broad SMARTS) is 1. The lowest BCUT2D eigenvalue weighted by Gasteiger charge is -2.14. The van der Waals surface area contributed by atoms with E-state index in [1.165, 1.54) is 40.4 Å². The molecule has 2 aromatic carbocycles. The summed E-state index contributed by atoms with van der Waals surface area (Å²) in [5.41, 5.74) is -0.0909. The molecule has 0 bridgehead atoms. The monoisotopic (exact) mass is 378 g/mol. The highest BCUT2D eigenvalue weighted by atomic mass is 35.5. The summed E-state index contributed by atoms with van der Waals surface area (Å²) in [5.74, 6) is -1.13. The lowest BCUT2D eigenvalue weighted by atomic mass is 10.1. The van der Waals surface area contributed by atoms with Gasteiger partial charge in [0.05, 0.1) is 23.1 Å². The van der Waals surface area contributed by atoms with Crippen molar-refractivity contribution < 1.29 is 9.90 Å². The normalized spacial score (nSPS) is 11.0. The van der Waals surface area contributed by atoms with Crippen molar-refractivity contribution in [2.24, 2.45) is 7.05 Å². The first kappa shape index (κ1) is 17.3. The van der Waals surface area contributed by atoms with Crippen LogP contribution in [0.1, 0.15) is 15.9 Å². The summed E-state index contributed by atoms with van der Waals surface area (Å²) in [5, 5.41) is 10.00. The Morgan fingerprint density at radius 3 is 2.40 bits per heavy atom. The van der Waals surface area contributed by atoms with Crippen LogP contribution >= 0.6 is 23.2 Å². The van der Waals surface area contributed by atoms with E-state index in [1.54, 1.807) is 12.1 Å². The van der Waals surface area contributed by atoms with Crippen LogP contribution in [0.5, 0.6) is 0 Å². The van der Waals surface area contributed by atoms with Crippen molar-refractivity contribution in [2.45, 2.75) is 6.54 Å². The Labute approximate surface area is 151 Å². The molecule has 0 saturated carbocycles. The van der Waals surface area contributed by atoms with Crippen molar-refractivity contribution in [3.05, 3.63) is 78.3 Å². The summed E-state index contributed by atoms with van der Waals surface area (Å²) in [7, 11) is 1.46. The number of carboxylic acids is 1. The maximum atomic E-state index is 12.5. The number of nitrogens with zero attached hydrogens (tertiary/aromatic N) is 2. The quantitative estimate of drug-likeness (QED) is 0.710. The van der Waals surface area contributed by atoms with Crippen molar-refractivity contribution in [1.82, 2.24) is 9.13 Å². The van der Waals surface area contributed by atoms with Crippen LogP contribution in [0.2, 0.25) is 10.0 Å². The van der Waals surface area contributed by atoms with Gasteiger partial charge >= 0.3 is 17.1 Å². The highest BCUT2D eigenvalue weighted by Crippen LogP contribution is 2.22. The first-order valence-electron chi connectivity index (χ1n) is 7.20. The van der Waals surface area contributed by atoms with E-state index >= 15 is 0 Å². The summed E-state index contributed by atoms with van der Waals surface area (Å²) in [6.45, 7) is 0.0183. The molecule has 6 nitrogen and oxygen atoms in total. The summed E-state index contributed by atoms with van der Waals surface area (Å²) in [4.78, 5) is 35.9. The number of aromatic carboxylic acids is 1. The fourth-order valence-corrected chi connectivity index (χ4v) is 3.08. The van der Waals surface area contributed by atoms with Crippen LogP contribution in [0.3, 0.4) is 0 Å². The van der Waals surface area contributed by atoms with E-state index in [0.29, 0.717) is 26.6 Å². The van der Waals surface area contributed by atoms with Gasteiger partial charge in [0.15, 0.2) is 0 Å². The highest BCUT2D eigenvalue weighted by Gasteiger charge is 2.15. The number of hydrogen-bond acceptors (Lipinski definition) is 3. The Bertz CT molecular complexity index is 1130. The number of benzene rings is 2. The van der Waals surface area contributed by atoms with Gasteiger partial charge in [0.1, 0.15) is 0 Å². The van der Waals surface area contributed by atoms with E-state index in [2.05, 4.69) is 0 Å². The van der Waals surface area contributed by atoms with Gasteiger partial charge in [-0.05, 0) is 35.9 Å². The van der Waals surface area contributed by atoms with Gasteiger partial charge < -0.3 is 9.67 Å². The maximum absolute atomic E-state index is 12.5. The van der Waals surface area contributed by atoms with Gasteiger partial charge in [0, 0.05) is 17.1 Å². The molecule has 0 unspecified atom stereocenters. The van der Waals surface area contributed by atoms with Crippen LogP contribution < -0.4 is 11.1 Å². The van der Waals surface area contributed by atoms with Gasteiger partial charge in [-0.15, -0.1) is 0 Å². The number of fused-ring (bicyclic) bond motifs is 1. The van der Waals surface area contributed by atoms with E-state index in [0.717, 1.165) is 0 Å². The molecule has 1 aromatic heterocycles. The Kier molecular flexibility index (Phi) is 4.41. The largest absolute Gasteiger partial charge is 0.478 e.